The third-order valence-corrected chi connectivity index (χ3v) is 2.97. The van der Waals surface area contributed by atoms with E-state index < -0.39 is 0 Å². The Hall–Kier alpha value is -1.55. The molecule has 2 aromatic rings. The van der Waals surface area contributed by atoms with E-state index in [-0.39, 0.29) is 5.69 Å². The van der Waals surface area contributed by atoms with Crippen LogP contribution in [0.1, 0.15) is 24.4 Å². The molecule has 3 N–H and O–H groups in total. The number of fused-ring (bicyclic) bond motifs is 1. The van der Waals surface area contributed by atoms with Gasteiger partial charge in [0.25, 0.3) is 0 Å². The summed E-state index contributed by atoms with van der Waals surface area (Å²) in [4.78, 5) is 14.7. The maximum Gasteiger partial charge on any atom is 0.326 e. The molecule has 1 aromatic carbocycles. The smallest absolute Gasteiger partial charge is 0.326 e. The summed E-state index contributed by atoms with van der Waals surface area (Å²) in [5.74, 6) is 0. The lowest BCUT2D eigenvalue weighted by atomic mass is 10.2. The standard InChI is InChI=1S/C11H13N3O/c12-6-7-2-1-3-9-10(7)13-11(15)14(9)8-4-5-8/h1-3,8H,4-6,12H2,(H,13,15). The lowest BCUT2D eigenvalue weighted by Gasteiger charge is -2.01. The van der Waals surface area contributed by atoms with Crippen LogP contribution in [-0.2, 0) is 6.54 Å². The van der Waals surface area contributed by atoms with Gasteiger partial charge in [-0.15, -0.1) is 0 Å². The van der Waals surface area contributed by atoms with Gasteiger partial charge < -0.3 is 10.7 Å². The minimum atomic E-state index is -0.00611. The number of nitrogens with zero attached hydrogens (tertiary/aromatic N) is 1. The van der Waals surface area contributed by atoms with E-state index in [2.05, 4.69) is 4.98 Å². The number of aromatic amines is 1. The van der Waals surface area contributed by atoms with Crippen molar-refractivity contribution in [1.29, 1.82) is 0 Å². The number of rotatable bonds is 2. The van der Waals surface area contributed by atoms with Crippen LogP contribution in [0.2, 0.25) is 0 Å². The van der Waals surface area contributed by atoms with Crippen molar-refractivity contribution >= 4 is 11.0 Å². The van der Waals surface area contributed by atoms with E-state index >= 15 is 0 Å². The molecule has 3 rings (SSSR count). The monoisotopic (exact) mass is 203 g/mol. The highest BCUT2D eigenvalue weighted by Crippen LogP contribution is 2.35. The Labute approximate surface area is 86.7 Å². The molecule has 0 spiro atoms. The van der Waals surface area contributed by atoms with Crippen molar-refractivity contribution in [1.82, 2.24) is 9.55 Å². The molecule has 15 heavy (non-hydrogen) atoms. The number of para-hydroxylation sites is 1. The topological polar surface area (TPSA) is 63.8 Å². The fraction of sp³-hybridized carbons (Fsp3) is 0.364. The molecule has 0 bridgehead atoms. The average molecular weight is 203 g/mol. The minimum absolute atomic E-state index is 0.00611. The van der Waals surface area contributed by atoms with Crippen molar-refractivity contribution in [3.05, 3.63) is 34.2 Å². The quantitative estimate of drug-likeness (QED) is 0.768. The van der Waals surface area contributed by atoms with Crippen LogP contribution in [0.25, 0.3) is 11.0 Å². The molecule has 0 radical (unpaired) electrons. The van der Waals surface area contributed by atoms with E-state index in [4.69, 9.17) is 5.73 Å². The van der Waals surface area contributed by atoms with E-state index in [1.165, 1.54) is 0 Å². The molecule has 1 heterocycles. The number of nitrogens with one attached hydrogen (secondary N) is 1. The van der Waals surface area contributed by atoms with E-state index in [0.717, 1.165) is 29.4 Å². The van der Waals surface area contributed by atoms with E-state index in [1.807, 2.05) is 22.8 Å². The summed E-state index contributed by atoms with van der Waals surface area (Å²) in [5.41, 5.74) is 8.52. The summed E-state index contributed by atoms with van der Waals surface area (Å²) < 4.78 is 1.86. The Bertz CT molecular complexity index is 563. The summed E-state index contributed by atoms with van der Waals surface area (Å²) in [6.07, 6.45) is 2.22. The number of H-pyrrole nitrogens is 1. The normalized spacial score (nSPS) is 16.1. The van der Waals surface area contributed by atoms with Gasteiger partial charge >= 0.3 is 5.69 Å². The van der Waals surface area contributed by atoms with Gasteiger partial charge in [-0.25, -0.2) is 4.79 Å². The Morgan fingerprint density at radius 1 is 1.47 bits per heavy atom. The number of imidazole rings is 1. The number of hydrogen-bond donors (Lipinski definition) is 2. The maximum absolute atomic E-state index is 11.8. The number of aromatic nitrogens is 2. The zero-order valence-corrected chi connectivity index (χ0v) is 8.36. The Kier molecular flexibility index (Phi) is 1.73. The minimum Gasteiger partial charge on any atom is -0.326 e. The predicted molar refractivity (Wildman–Crippen MR) is 58.7 cm³/mol. The molecule has 0 amide bonds. The van der Waals surface area contributed by atoms with Crippen molar-refractivity contribution < 1.29 is 0 Å². The van der Waals surface area contributed by atoms with Gasteiger partial charge in [-0.3, -0.25) is 4.57 Å². The van der Waals surface area contributed by atoms with Crippen LogP contribution in [0.5, 0.6) is 0 Å². The van der Waals surface area contributed by atoms with Crippen LogP contribution in [0.3, 0.4) is 0 Å². The van der Waals surface area contributed by atoms with Gasteiger partial charge in [-0.1, -0.05) is 12.1 Å². The van der Waals surface area contributed by atoms with Gasteiger partial charge in [-0.05, 0) is 24.5 Å². The second-order valence-electron chi connectivity index (χ2n) is 4.05. The Morgan fingerprint density at radius 2 is 2.27 bits per heavy atom. The predicted octanol–water partition coefficient (Wildman–Crippen LogP) is 1.12. The summed E-state index contributed by atoms with van der Waals surface area (Å²) >= 11 is 0. The third-order valence-electron chi connectivity index (χ3n) is 2.97. The van der Waals surface area contributed by atoms with Crippen LogP contribution in [-0.4, -0.2) is 9.55 Å². The van der Waals surface area contributed by atoms with Gasteiger partial charge in [0.1, 0.15) is 0 Å². The molecule has 78 valence electrons. The van der Waals surface area contributed by atoms with Crippen LogP contribution in [0.4, 0.5) is 0 Å². The van der Waals surface area contributed by atoms with Crippen molar-refractivity contribution in [2.75, 3.05) is 0 Å². The van der Waals surface area contributed by atoms with Gasteiger partial charge in [0.05, 0.1) is 11.0 Å². The maximum atomic E-state index is 11.8. The molecule has 0 atom stereocenters. The first kappa shape index (κ1) is 8.73. The molecule has 1 saturated carbocycles. The van der Waals surface area contributed by atoms with Gasteiger partial charge in [0.15, 0.2) is 0 Å². The molecule has 1 aromatic heterocycles. The van der Waals surface area contributed by atoms with Gasteiger partial charge in [-0.2, -0.15) is 0 Å². The van der Waals surface area contributed by atoms with E-state index in [9.17, 15) is 4.79 Å². The lowest BCUT2D eigenvalue weighted by Crippen LogP contribution is -2.14. The molecule has 1 aliphatic rings. The summed E-state index contributed by atoms with van der Waals surface area (Å²) in [7, 11) is 0. The molecular weight excluding hydrogens is 190 g/mol. The fourth-order valence-electron chi connectivity index (χ4n) is 2.07. The summed E-state index contributed by atoms with van der Waals surface area (Å²) in [5, 5.41) is 0. The first-order valence-electron chi connectivity index (χ1n) is 5.23. The molecule has 0 unspecified atom stereocenters. The zero-order chi connectivity index (χ0) is 10.4. The second-order valence-corrected chi connectivity index (χ2v) is 4.05. The highest BCUT2D eigenvalue weighted by atomic mass is 16.1. The van der Waals surface area contributed by atoms with Crippen LogP contribution >= 0.6 is 0 Å². The molecule has 0 saturated heterocycles. The van der Waals surface area contributed by atoms with E-state index in [1.54, 1.807) is 0 Å². The van der Waals surface area contributed by atoms with Crippen molar-refractivity contribution in [2.24, 2.45) is 5.73 Å². The van der Waals surface area contributed by atoms with Gasteiger partial charge in [0.2, 0.25) is 0 Å². The van der Waals surface area contributed by atoms with Crippen LogP contribution in [0.15, 0.2) is 23.0 Å². The number of hydrogen-bond acceptors (Lipinski definition) is 2. The zero-order valence-electron chi connectivity index (χ0n) is 8.36. The first-order valence-corrected chi connectivity index (χ1v) is 5.23. The lowest BCUT2D eigenvalue weighted by molar-refractivity contribution is 0.733. The summed E-state index contributed by atoms with van der Waals surface area (Å²) in [6.45, 7) is 0.460. The largest absolute Gasteiger partial charge is 0.326 e. The number of benzene rings is 1. The Morgan fingerprint density at radius 3 is 2.93 bits per heavy atom. The van der Waals surface area contributed by atoms with E-state index in [0.29, 0.717) is 12.6 Å². The SMILES string of the molecule is NCc1cccc2c1[nH]c(=O)n2C1CC1. The third kappa shape index (κ3) is 1.22. The summed E-state index contributed by atoms with van der Waals surface area (Å²) in [6, 6.07) is 6.29. The first-order chi connectivity index (χ1) is 7.31. The van der Waals surface area contributed by atoms with Crippen LogP contribution in [0, 0.1) is 0 Å². The van der Waals surface area contributed by atoms with Crippen molar-refractivity contribution in [3.8, 4) is 0 Å². The van der Waals surface area contributed by atoms with Gasteiger partial charge in [0, 0.05) is 12.6 Å². The highest BCUT2D eigenvalue weighted by Gasteiger charge is 2.27. The molecular formula is C11H13N3O. The molecule has 0 aliphatic heterocycles. The Balaban J connectivity index is 2.36. The van der Waals surface area contributed by atoms with Crippen LogP contribution < -0.4 is 11.4 Å². The molecule has 1 fully saturated rings. The van der Waals surface area contributed by atoms with Crippen molar-refractivity contribution in [2.45, 2.75) is 25.4 Å². The molecule has 4 heteroatoms. The fourth-order valence-corrected chi connectivity index (χ4v) is 2.07. The second kappa shape index (κ2) is 2.97. The molecule has 4 nitrogen and oxygen atoms in total. The number of nitrogens with two attached hydrogens (primary N) is 1. The highest BCUT2D eigenvalue weighted by molar-refractivity contribution is 5.79. The molecule has 1 aliphatic carbocycles. The average Bonchev–Trinajstić information content (AvgIpc) is 3.00. The van der Waals surface area contributed by atoms with Crippen molar-refractivity contribution in [3.63, 3.8) is 0 Å².